The van der Waals surface area contributed by atoms with Gasteiger partial charge in [0.2, 0.25) is 5.95 Å². The first kappa shape index (κ1) is 13.6. The molecule has 0 bridgehead atoms. The van der Waals surface area contributed by atoms with Gasteiger partial charge in [-0.2, -0.15) is 0 Å². The van der Waals surface area contributed by atoms with Gasteiger partial charge in [-0.1, -0.05) is 0 Å². The van der Waals surface area contributed by atoms with E-state index in [-0.39, 0.29) is 0 Å². The zero-order valence-electron chi connectivity index (χ0n) is 11.0. The van der Waals surface area contributed by atoms with Gasteiger partial charge < -0.3 is 9.64 Å². The third-order valence-electron chi connectivity index (χ3n) is 3.18. The second-order valence-corrected chi connectivity index (χ2v) is 5.12. The molecule has 0 saturated heterocycles. The van der Waals surface area contributed by atoms with Gasteiger partial charge in [-0.3, -0.25) is 0 Å². The van der Waals surface area contributed by atoms with Gasteiger partial charge in [-0.15, -0.1) is 11.6 Å². The molecule has 1 fully saturated rings. The summed E-state index contributed by atoms with van der Waals surface area (Å²) in [6, 6.07) is 0. The van der Waals surface area contributed by atoms with Crippen molar-refractivity contribution in [2.45, 2.75) is 25.6 Å². The van der Waals surface area contributed by atoms with Crippen molar-refractivity contribution in [1.29, 1.82) is 0 Å². The largest absolute Gasteiger partial charge is 0.379 e. The number of likely N-dealkylation sites (N-methyl/N-ethyl adjacent to an activating group) is 1. The second-order valence-electron chi connectivity index (χ2n) is 4.85. The highest BCUT2D eigenvalue weighted by Gasteiger charge is 2.21. The van der Waals surface area contributed by atoms with Crippen LogP contribution in [0.15, 0.2) is 6.20 Å². The molecule has 18 heavy (non-hydrogen) atoms. The summed E-state index contributed by atoms with van der Waals surface area (Å²) in [5.41, 5.74) is 1.93. The SMILES string of the molecule is Cc1nc(N(C)CCOCC2CC2)ncc1CCl. The highest BCUT2D eigenvalue weighted by Crippen LogP contribution is 2.28. The van der Waals surface area contributed by atoms with Crippen LogP contribution in [0.1, 0.15) is 24.1 Å². The van der Waals surface area contributed by atoms with Gasteiger partial charge in [-0.25, -0.2) is 9.97 Å². The molecule has 1 aliphatic carbocycles. The van der Waals surface area contributed by atoms with Gasteiger partial charge in [0.1, 0.15) is 0 Å². The molecule has 100 valence electrons. The monoisotopic (exact) mass is 269 g/mol. The zero-order valence-corrected chi connectivity index (χ0v) is 11.8. The van der Waals surface area contributed by atoms with E-state index in [0.717, 1.165) is 42.9 Å². The molecular formula is C13H20ClN3O. The molecule has 1 aromatic heterocycles. The van der Waals surface area contributed by atoms with Crippen LogP contribution in [0.3, 0.4) is 0 Å². The van der Waals surface area contributed by atoms with E-state index in [1.807, 2.05) is 18.9 Å². The normalized spacial score (nSPS) is 14.8. The minimum absolute atomic E-state index is 0.459. The highest BCUT2D eigenvalue weighted by molar-refractivity contribution is 6.17. The van der Waals surface area contributed by atoms with Crippen LogP contribution in [-0.2, 0) is 10.6 Å². The topological polar surface area (TPSA) is 38.2 Å². The highest BCUT2D eigenvalue weighted by atomic mass is 35.5. The average molecular weight is 270 g/mol. The van der Waals surface area contributed by atoms with E-state index in [0.29, 0.717) is 5.88 Å². The maximum atomic E-state index is 5.79. The lowest BCUT2D eigenvalue weighted by atomic mass is 10.3. The van der Waals surface area contributed by atoms with Crippen molar-refractivity contribution >= 4 is 17.5 Å². The molecule has 1 aliphatic rings. The first-order chi connectivity index (χ1) is 8.70. The summed E-state index contributed by atoms with van der Waals surface area (Å²) in [6.45, 7) is 4.40. The van der Waals surface area contributed by atoms with Crippen LogP contribution < -0.4 is 4.90 Å². The molecule has 1 heterocycles. The Morgan fingerprint density at radius 1 is 1.50 bits per heavy atom. The molecule has 1 aromatic rings. The molecule has 5 heteroatoms. The number of ether oxygens (including phenoxy) is 1. The van der Waals surface area contributed by atoms with Crippen molar-refractivity contribution in [2.75, 3.05) is 31.7 Å². The Labute approximate surface area is 113 Å². The minimum Gasteiger partial charge on any atom is -0.379 e. The Morgan fingerprint density at radius 2 is 2.28 bits per heavy atom. The summed E-state index contributed by atoms with van der Waals surface area (Å²) in [4.78, 5) is 10.8. The summed E-state index contributed by atoms with van der Waals surface area (Å²) in [5, 5.41) is 0. The van der Waals surface area contributed by atoms with Crippen molar-refractivity contribution in [3.8, 4) is 0 Å². The maximum Gasteiger partial charge on any atom is 0.225 e. The van der Waals surface area contributed by atoms with Crippen molar-refractivity contribution in [3.63, 3.8) is 0 Å². The molecule has 0 radical (unpaired) electrons. The number of rotatable bonds is 7. The van der Waals surface area contributed by atoms with E-state index < -0.39 is 0 Å². The van der Waals surface area contributed by atoms with Crippen molar-refractivity contribution < 1.29 is 4.74 Å². The second kappa shape index (κ2) is 6.34. The number of halogens is 1. The molecular weight excluding hydrogens is 250 g/mol. The van der Waals surface area contributed by atoms with Gasteiger partial charge in [0.25, 0.3) is 0 Å². The standard InChI is InChI=1S/C13H20ClN3O/c1-10-12(7-14)8-15-13(16-10)17(2)5-6-18-9-11-3-4-11/h8,11H,3-7,9H2,1-2H3. The van der Waals surface area contributed by atoms with Crippen LogP contribution in [0, 0.1) is 12.8 Å². The van der Waals surface area contributed by atoms with Crippen molar-refractivity contribution in [1.82, 2.24) is 9.97 Å². The molecule has 0 amide bonds. The van der Waals surface area contributed by atoms with Gasteiger partial charge in [0.05, 0.1) is 12.5 Å². The summed E-state index contributed by atoms with van der Waals surface area (Å²) < 4.78 is 5.61. The first-order valence-corrected chi connectivity index (χ1v) is 6.91. The fourth-order valence-electron chi connectivity index (χ4n) is 1.63. The van der Waals surface area contributed by atoms with Crippen LogP contribution in [0.2, 0.25) is 0 Å². The molecule has 4 nitrogen and oxygen atoms in total. The van der Waals surface area contributed by atoms with E-state index in [1.54, 1.807) is 6.20 Å². The van der Waals surface area contributed by atoms with Gasteiger partial charge in [0.15, 0.2) is 0 Å². The lowest BCUT2D eigenvalue weighted by molar-refractivity contribution is 0.130. The van der Waals surface area contributed by atoms with Crippen LogP contribution in [0.5, 0.6) is 0 Å². The van der Waals surface area contributed by atoms with Gasteiger partial charge >= 0.3 is 0 Å². The summed E-state index contributed by atoms with van der Waals surface area (Å²) in [6.07, 6.45) is 4.46. The number of hydrogen-bond donors (Lipinski definition) is 0. The third kappa shape index (κ3) is 3.82. The van der Waals surface area contributed by atoms with Crippen molar-refractivity contribution in [3.05, 3.63) is 17.5 Å². The van der Waals surface area contributed by atoms with Gasteiger partial charge in [0, 0.05) is 37.7 Å². The number of alkyl halides is 1. The third-order valence-corrected chi connectivity index (χ3v) is 3.46. The number of hydrogen-bond acceptors (Lipinski definition) is 4. The van der Waals surface area contributed by atoms with E-state index in [4.69, 9.17) is 16.3 Å². The average Bonchev–Trinajstić information content (AvgIpc) is 3.18. The fourth-order valence-corrected chi connectivity index (χ4v) is 1.89. The molecule has 2 rings (SSSR count). The Balaban J connectivity index is 1.79. The number of nitrogens with zero attached hydrogens (tertiary/aromatic N) is 3. The fraction of sp³-hybridized carbons (Fsp3) is 0.692. The van der Waals surface area contributed by atoms with Gasteiger partial charge in [-0.05, 0) is 25.7 Å². The molecule has 1 saturated carbocycles. The van der Waals surface area contributed by atoms with E-state index in [1.165, 1.54) is 12.8 Å². The Bertz CT molecular complexity index is 396. The predicted octanol–water partition coefficient (Wildman–Crippen LogP) is 2.39. The molecule has 0 spiro atoms. The molecule has 0 unspecified atom stereocenters. The minimum atomic E-state index is 0.459. The summed E-state index contributed by atoms with van der Waals surface area (Å²) in [7, 11) is 1.98. The van der Waals surface area contributed by atoms with E-state index >= 15 is 0 Å². The molecule has 0 aromatic carbocycles. The number of aromatic nitrogens is 2. The van der Waals surface area contributed by atoms with Crippen LogP contribution in [0.4, 0.5) is 5.95 Å². The first-order valence-electron chi connectivity index (χ1n) is 6.38. The maximum absolute atomic E-state index is 5.79. The molecule has 0 N–H and O–H groups in total. The number of anilines is 1. The molecule has 0 atom stereocenters. The Kier molecular flexibility index (Phi) is 4.78. The predicted molar refractivity (Wildman–Crippen MR) is 73.1 cm³/mol. The number of aryl methyl sites for hydroxylation is 1. The lowest BCUT2D eigenvalue weighted by Crippen LogP contribution is -2.25. The van der Waals surface area contributed by atoms with E-state index in [2.05, 4.69) is 9.97 Å². The smallest absolute Gasteiger partial charge is 0.225 e. The van der Waals surface area contributed by atoms with E-state index in [9.17, 15) is 0 Å². The summed E-state index contributed by atoms with van der Waals surface area (Å²) in [5.74, 6) is 2.01. The quantitative estimate of drug-likeness (QED) is 0.563. The lowest BCUT2D eigenvalue weighted by Gasteiger charge is -2.17. The summed E-state index contributed by atoms with van der Waals surface area (Å²) >= 11 is 5.79. The Hall–Kier alpha value is -0.870. The van der Waals surface area contributed by atoms with Crippen molar-refractivity contribution in [2.24, 2.45) is 5.92 Å². The van der Waals surface area contributed by atoms with Crippen LogP contribution in [0.25, 0.3) is 0 Å². The Morgan fingerprint density at radius 3 is 2.89 bits per heavy atom. The zero-order chi connectivity index (χ0) is 13.0. The van der Waals surface area contributed by atoms with Crippen LogP contribution in [-0.4, -0.2) is 36.8 Å². The van der Waals surface area contributed by atoms with Crippen LogP contribution >= 0.6 is 11.6 Å². The molecule has 0 aliphatic heterocycles.